The highest BCUT2D eigenvalue weighted by atomic mass is 32.1. The van der Waals surface area contributed by atoms with Gasteiger partial charge in [-0.3, -0.25) is 4.90 Å². The van der Waals surface area contributed by atoms with Gasteiger partial charge < -0.3 is 19.4 Å². The van der Waals surface area contributed by atoms with Crippen molar-refractivity contribution in [3.05, 3.63) is 60.6 Å². The molecule has 2 aliphatic heterocycles. The zero-order chi connectivity index (χ0) is 34.7. The molecule has 4 aliphatic rings. The number of aryl methyl sites for hydroxylation is 1. The lowest BCUT2D eigenvalue weighted by molar-refractivity contribution is -0.0656. The Bertz CT molecular complexity index is 2040. The second-order valence-electron chi connectivity index (χ2n) is 15.0. The highest BCUT2D eigenvalue weighted by Gasteiger charge is 2.53. The van der Waals surface area contributed by atoms with Crippen LogP contribution in [0.5, 0.6) is 11.6 Å². The van der Waals surface area contributed by atoms with E-state index in [0.29, 0.717) is 64.6 Å². The predicted molar refractivity (Wildman–Crippen MR) is 189 cm³/mol. The number of thiazole rings is 1. The zero-order valence-corrected chi connectivity index (χ0v) is 29.7. The molecule has 1 spiro atoms. The Morgan fingerprint density at radius 2 is 1.88 bits per heavy atom. The summed E-state index contributed by atoms with van der Waals surface area (Å²) in [5.74, 6) is 3.73. The molecule has 264 valence electrons. The second-order valence-corrected chi connectivity index (χ2v) is 16.0. The number of hydrogen-bond acceptors (Lipinski definition) is 14. The maximum atomic E-state index is 14.6. The molecule has 9 rings (SSSR count). The van der Waals surface area contributed by atoms with Crippen LogP contribution >= 0.6 is 11.3 Å². The zero-order valence-electron chi connectivity index (χ0n) is 28.9. The summed E-state index contributed by atoms with van der Waals surface area (Å²) >= 11 is 1.55. The summed E-state index contributed by atoms with van der Waals surface area (Å²) in [6.45, 7) is 10.4. The fraction of sp³-hybridized carbons (Fsp3) is 0.500. The van der Waals surface area contributed by atoms with Crippen LogP contribution in [0.3, 0.4) is 0 Å². The van der Waals surface area contributed by atoms with E-state index in [-0.39, 0.29) is 11.2 Å². The first kappa shape index (κ1) is 32.3. The van der Waals surface area contributed by atoms with Gasteiger partial charge in [-0.2, -0.15) is 0 Å². The average Bonchev–Trinajstić information content (AvgIpc) is 3.43. The third-order valence-electron chi connectivity index (χ3n) is 10.9. The summed E-state index contributed by atoms with van der Waals surface area (Å²) in [6, 6.07) is 5.47. The van der Waals surface area contributed by atoms with Gasteiger partial charge in [0.05, 0.1) is 11.9 Å². The first-order valence-electron chi connectivity index (χ1n) is 17.8. The molecule has 0 amide bonds. The van der Waals surface area contributed by atoms with E-state index in [9.17, 15) is 4.39 Å². The molecule has 2 aliphatic carbocycles. The molecule has 4 aromatic heterocycles. The molecule has 1 aromatic carbocycles. The van der Waals surface area contributed by atoms with E-state index in [1.165, 1.54) is 18.5 Å². The van der Waals surface area contributed by atoms with Crippen LogP contribution in [0.1, 0.15) is 63.5 Å². The van der Waals surface area contributed by atoms with Crippen LogP contribution in [-0.2, 0) is 0 Å². The molecule has 13 nitrogen and oxygen atoms in total. The first-order valence-corrected chi connectivity index (χ1v) is 18.6. The summed E-state index contributed by atoms with van der Waals surface area (Å²) in [5.41, 5.74) is 2.50. The van der Waals surface area contributed by atoms with Crippen LogP contribution in [0.2, 0.25) is 0 Å². The smallest absolute Gasteiger partial charge is 0.282 e. The number of nitrogens with one attached hydrogen (secondary N) is 1. The molecule has 0 bridgehead atoms. The Hall–Kier alpha value is -4.63. The van der Waals surface area contributed by atoms with Crippen molar-refractivity contribution in [2.24, 2.45) is 17.3 Å². The van der Waals surface area contributed by atoms with Crippen LogP contribution in [0.25, 0.3) is 21.9 Å². The van der Waals surface area contributed by atoms with Gasteiger partial charge >= 0.3 is 0 Å². The fourth-order valence-electron chi connectivity index (χ4n) is 8.41. The normalized spacial score (nSPS) is 21.9. The minimum atomic E-state index is -0.352. The molecule has 0 radical (unpaired) electrons. The number of anilines is 2. The third-order valence-corrected chi connectivity index (χ3v) is 11.8. The number of nitrogens with zero attached hydrogens (tertiary/aromatic N) is 10. The maximum absolute atomic E-state index is 14.6. The van der Waals surface area contributed by atoms with Crippen LogP contribution in [0, 0.1) is 30.0 Å². The predicted octanol–water partition coefficient (Wildman–Crippen LogP) is 6.38. The van der Waals surface area contributed by atoms with E-state index in [1.807, 2.05) is 0 Å². The van der Waals surface area contributed by atoms with Crippen molar-refractivity contribution in [1.82, 2.24) is 45.2 Å². The van der Waals surface area contributed by atoms with Gasteiger partial charge in [0.1, 0.15) is 29.1 Å². The quantitative estimate of drug-likeness (QED) is 0.162. The van der Waals surface area contributed by atoms with Gasteiger partial charge in [-0.1, -0.05) is 25.2 Å². The van der Waals surface area contributed by atoms with Crippen LogP contribution in [-0.4, -0.2) is 83.5 Å². The number of benzene rings is 1. The van der Waals surface area contributed by atoms with E-state index in [2.05, 4.69) is 69.3 Å². The van der Waals surface area contributed by atoms with E-state index in [4.69, 9.17) is 9.15 Å². The van der Waals surface area contributed by atoms with E-state index >= 15 is 0 Å². The largest absolute Gasteiger partial charge is 0.434 e. The Morgan fingerprint density at radius 1 is 1.02 bits per heavy atom. The van der Waals surface area contributed by atoms with Gasteiger partial charge in [0.25, 0.3) is 11.8 Å². The molecular weight excluding hydrogens is 670 g/mol. The second kappa shape index (κ2) is 12.9. The monoisotopic (exact) mass is 709 g/mol. The van der Waals surface area contributed by atoms with Crippen molar-refractivity contribution in [1.29, 1.82) is 0 Å². The molecule has 2 saturated heterocycles. The van der Waals surface area contributed by atoms with Crippen molar-refractivity contribution in [2.45, 2.75) is 70.9 Å². The summed E-state index contributed by atoms with van der Waals surface area (Å²) in [7, 11) is 0. The number of rotatable bonds is 11. The lowest BCUT2D eigenvalue weighted by atomic mass is 9.68. The number of aromatic nitrogens is 8. The molecular formula is C36H40FN11O2S. The summed E-state index contributed by atoms with van der Waals surface area (Å²) in [5, 5.41) is 21.0. The highest BCUT2D eigenvalue weighted by molar-refractivity contribution is 7.18. The number of likely N-dealkylation sites (tertiary alicyclic amines) is 1. The molecule has 5 aromatic rings. The molecule has 6 heterocycles. The van der Waals surface area contributed by atoms with Crippen LogP contribution < -0.4 is 15.0 Å². The summed E-state index contributed by atoms with van der Waals surface area (Å²) in [4.78, 5) is 23.8. The first-order chi connectivity index (χ1) is 24.8. The Labute approximate surface area is 299 Å². The minimum Gasteiger partial charge on any atom is -0.434 e. The van der Waals surface area contributed by atoms with Crippen LogP contribution in [0.15, 0.2) is 47.7 Å². The van der Waals surface area contributed by atoms with Gasteiger partial charge in [-0.05, 0) is 62.1 Å². The van der Waals surface area contributed by atoms with Gasteiger partial charge in [-0.15, -0.1) is 20.4 Å². The van der Waals surface area contributed by atoms with E-state index in [1.54, 1.807) is 43.0 Å². The highest BCUT2D eigenvalue weighted by Crippen LogP contribution is 2.49. The lowest BCUT2D eigenvalue weighted by Gasteiger charge is -2.57. The molecule has 2 saturated carbocycles. The standard InChI is InChI=1S/C36H40FN11O2S/c1-20(2)31(23-10-25(11-23)43-35-39-14-29(51-35)33-46-44-21(3)49-33)48-16-36(17-48)8-9-47(15-36)32-34(45-42-19-41-32)50-28-7-6-24(37)12-26(28)27-13-38-18-40-30(27)22-4-5-22/h6-7,12-14,18-20,22-23,25,31H,4-5,8-11,15-17H2,1-3H3,(H,39,43)/t23?,25?,31-/m1/s1. The van der Waals surface area contributed by atoms with Crippen molar-refractivity contribution < 1.29 is 13.5 Å². The van der Waals surface area contributed by atoms with Crippen molar-refractivity contribution in [3.8, 4) is 33.5 Å². The maximum Gasteiger partial charge on any atom is 0.282 e. The topological polar surface area (TPSA) is 144 Å². The van der Waals surface area contributed by atoms with E-state index < -0.39 is 0 Å². The Kier molecular flexibility index (Phi) is 8.14. The number of ether oxygens (including phenoxy) is 1. The summed E-state index contributed by atoms with van der Waals surface area (Å²) < 4.78 is 26.6. The molecule has 4 fully saturated rings. The lowest BCUT2D eigenvalue weighted by Crippen LogP contribution is -2.65. The van der Waals surface area contributed by atoms with Crippen molar-refractivity contribution in [3.63, 3.8) is 0 Å². The summed E-state index contributed by atoms with van der Waals surface area (Å²) in [6.07, 6.45) is 12.0. The Morgan fingerprint density at radius 3 is 2.67 bits per heavy atom. The van der Waals surface area contributed by atoms with Crippen molar-refractivity contribution in [2.75, 3.05) is 36.4 Å². The third kappa shape index (κ3) is 6.30. The molecule has 0 unspecified atom stereocenters. The van der Waals surface area contributed by atoms with Gasteiger partial charge in [0.15, 0.2) is 10.9 Å². The van der Waals surface area contributed by atoms with E-state index in [0.717, 1.165) is 79.5 Å². The fourth-order valence-corrected chi connectivity index (χ4v) is 9.22. The molecule has 1 atom stereocenters. The van der Waals surface area contributed by atoms with Gasteiger partial charge in [-0.25, -0.2) is 24.3 Å². The molecule has 51 heavy (non-hydrogen) atoms. The van der Waals surface area contributed by atoms with Gasteiger partial charge in [0.2, 0.25) is 5.89 Å². The number of hydrogen-bond donors (Lipinski definition) is 1. The molecule has 1 N–H and O–H groups in total. The minimum absolute atomic E-state index is 0.197. The van der Waals surface area contributed by atoms with Crippen molar-refractivity contribution >= 4 is 22.3 Å². The Balaban J connectivity index is 0.843. The SMILES string of the molecule is Cc1nnc(-c2cnc(NC3CC([C@@H](C(C)C)N4CC5(CCN(c6ncnnc6Oc6ccc(F)cc6-c6cncnc6C6CC6)C5)C4)C3)s2)o1. The van der Waals surface area contributed by atoms with Gasteiger partial charge in [0, 0.05) is 73.8 Å². The average molecular weight is 710 g/mol. The number of halogens is 1. The van der Waals surface area contributed by atoms with Crippen LogP contribution in [0.4, 0.5) is 15.3 Å². The molecule has 15 heteroatoms.